The molecular formula is C16H22BrNO. The van der Waals surface area contributed by atoms with Gasteiger partial charge in [-0.2, -0.15) is 0 Å². The van der Waals surface area contributed by atoms with Crippen LogP contribution in [0, 0.1) is 5.92 Å². The predicted octanol–water partition coefficient (Wildman–Crippen LogP) is 4.57. The van der Waals surface area contributed by atoms with E-state index in [1.807, 2.05) is 6.07 Å². The van der Waals surface area contributed by atoms with Crippen molar-refractivity contribution in [2.24, 2.45) is 11.7 Å². The molecule has 3 heteroatoms. The maximum absolute atomic E-state index is 6.30. The van der Waals surface area contributed by atoms with Crippen LogP contribution in [0.15, 0.2) is 22.7 Å². The topological polar surface area (TPSA) is 35.2 Å². The number of benzene rings is 1. The second-order valence-electron chi connectivity index (χ2n) is 6.00. The Morgan fingerprint density at radius 2 is 2.00 bits per heavy atom. The van der Waals surface area contributed by atoms with E-state index in [2.05, 4.69) is 28.1 Å². The third kappa shape index (κ3) is 3.14. The summed E-state index contributed by atoms with van der Waals surface area (Å²) in [5.74, 6) is 1.83. The van der Waals surface area contributed by atoms with Gasteiger partial charge in [-0.25, -0.2) is 0 Å². The summed E-state index contributed by atoms with van der Waals surface area (Å²) in [5, 5.41) is 0. The molecule has 0 radical (unpaired) electrons. The fourth-order valence-electron chi connectivity index (χ4n) is 3.49. The monoisotopic (exact) mass is 323 g/mol. The van der Waals surface area contributed by atoms with Gasteiger partial charge in [0.15, 0.2) is 0 Å². The lowest BCUT2D eigenvalue weighted by Crippen LogP contribution is -2.31. The minimum absolute atomic E-state index is 0.130. The molecule has 0 spiro atoms. The molecule has 2 N–H and O–H groups in total. The van der Waals surface area contributed by atoms with Gasteiger partial charge in [0.25, 0.3) is 0 Å². The quantitative estimate of drug-likeness (QED) is 0.865. The number of fused-ring (bicyclic) bond motifs is 1. The molecule has 0 saturated heterocycles. The molecule has 2 unspecified atom stereocenters. The van der Waals surface area contributed by atoms with Crippen molar-refractivity contribution < 1.29 is 4.74 Å². The lowest BCUT2D eigenvalue weighted by atomic mass is 9.83. The molecule has 0 aromatic heterocycles. The maximum atomic E-state index is 6.30. The zero-order valence-electron chi connectivity index (χ0n) is 11.3. The van der Waals surface area contributed by atoms with Crippen molar-refractivity contribution in [1.82, 2.24) is 0 Å². The standard InChI is InChI=1S/C16H22BrNO/c17-12-6-7-14-15(18)10-13(19-16(14)9-12)8-11-4-2-1-3-5-11/h6-7,9,11,13,15H,1-5,8,10,18H2. The van der Waals surface area contributed by atoms with Crippen LogP contribution in [0.2, 0.25) is 0 Å². The largest absolute Gasteiger partial charge is 0.490 e. The van der Waals surface area contributed by atoms with Gasteiger partial charge in [0, 0.05) is 22.5 Å². The Kier molecular flexibility index (Phi) is 4.13. The number of ether oxygens (including phenoxy) is 1. The van der Waals surface area contributed by atoms with E-state index in [9.17, 15) is 0 Å². The van der Waals surface area contributed by atoms with Crippen molar-refractivity contribution >= 4 is 15.9 Å². The van der Waals surface area contributed by atoms with E-state index in [4.69, 9.17) is 10.5 Å². The molecule has 19 heavy (non-hydrogen) atoms. The maximum Gasteiger partial charge on any atom is 0.125 e. The molecule has 1 heterocycles. The van der Waals surface area contributed by atoms with Gasteiger partial charge in [-0.3, -0.25) is 0 Å². The second-order valence-corrected chi connectivity index (χ2v) is 6.92. The van der Waals surface area contributed by atoms with Gasteiger partial charge >= 0.3 is 0 Å². The van der Waals surface area contributed by atoms with Gasteiger partial charge in [-0.1, -0.05) is 54.1 Å². The molecule has 1 aliphatic heterocycles. The molecule has 2 aliphatic rings. The number of nitrogens with two attached hydrogens (primary N) is 1. The summed E-state index contributed by atoms with van der Waals surface area (Å²) in [6, 6.07) is 6.32. The van der Waals surface area contributed by atoms with Crippen LogP contribution >= 0.6 is 15.9 Å². The van der Waals surface area contributed by atoms with E-state index in [0.717, 1.165) is 28.1 Å². The van der Waals surface area contributed by atoms with Crippen LogP contribution < -0.4 is 10.5 Å². The first-order chi connectivity index (χ1) is 9.22. The smallest absolute Gasteiger partial charge is 0.125 e. The summed E-state index contributed by atoms with van der Waals surface area (Å²) in [6.07, 6.45) is 9.40. The second kappa shape index (κ2) is 5.84. The van der Waals surface area contributed by atoms with Gasteiger partial charge in [-0.05, 0) is 24.5 Å². The van der Waals surface area contributed by atoms with E-state index in [0.29, 0.717) is 6.10 Å². The fraction of sp³-hybridized carbons (Fsp3) is 0.625. The van der Waals surface area contributed by atoms with Crippen molar-refractivity contribution in [2.75, 3.05) is 0 Å². The molecule has 3 rings (SSSR count). The van der Waals surface area contributed by atoms with E-state index < -0.39 is 0 Å². The molecule has 104 valence electrons. The van der Waals surface area contributed by atoms with Crippen molar-refractivity contribution in [1.29, 1.82) is 0 Å². The van der Waals surface area contributed by atoms with Gasteiger partial charge in [0.2, 0.25) is 0 Å². The first kappa shape index (κ1) is 13.4. The first-order valence-electron chi connectivity index (χ1n) is 7.44. The molecule has 2 atom stereocenters. The van der Waals surface area contributed by atoms with Crippen LogP contribution in [0.4, 0.5) is 0 Å². The summed E-state index contributed by atoms with van der Waals surface area (Å²) < 4.78 is 7.24. The zero-order chi connectivity index (χ0) is 13.2. The average Bonchev–Trinajstić information content (AvgIpc) is 2.39. The molecule has 1 aliphatic carbocycles. The van der Waals surface area contributed by atoms with Gasteiger partial charge < -0.3 is 10.5 Å². The normalized spacial score (nSPS) is 27.7. The van der Waals surface area contributed by atoms with E-state index in [-0.39, 0.29) is 6.04 Å². The van der Waals surface area contributed by atoms with Crippen LogP contribution in [-0.2, 0) is 0 Å². The van der Waals surface area contributed by atoms with Crippen LogP contribution in [0.1, 0.15) is 56.6 Å². The van der Waals surface area contributed by atoms with E-state index >= 15 is 0 Å². The number of halogens is 1. The van der Waals surface area contributed by atoms with Crippen LogP contribution in [-0.4, -0.2) is 6.10 Å². The minimum Gasteiger partial charge on any atom is -0.490 e. The van der Waals surface area contributed by atoms with Crippen molar-refractivity contribution in [3.63, 3.8) is 0 Å². The number of hydrogen-bond acceptors (Lipinski definition) is 2. The summed E-state index contributed by atoms with van der Waals surface area (Å²) in [4.78, 5) is 0. The van der Waals surface area contributed by atoms with Crippen LogP contribution in [0.5, 0.6) is 5.75 Å². The molecular weight excluding hydrogens is 302 g/mol. The van der Waals surface area contributed by atoms with Crippen molar-refractivity contribution in [3.8, 4) is 5.75 Å². The first-order valence-corrected chi connectivity index (χ1v) is 8.23. The highest BCUT2D eigenvalue weighted by atomic mass is 79.9. The highest BCUT2D eigenvalue weighted by Gasteiger charge is 2.28. The molecule has 1 aromatic carbocycles. The Balaban J connectivity index is 1.69. The molecule has 0 bridgehead atoms. The highest BCUT2D eigenvalue weighted by Crippen LogP contribution is 2.38. The predicted molar refractivity (Wildman–Crippen MR) is 81.3 cm³/mol. The third-order valence-corrected chi connectivity index (χ3v) is 5.00. The SMILES string of the molecule is NC1CC(CC2CCCCC2)Oc2cc(Br)ccc21. The van der Waals surface area contributed by atoms with Crippen LogP contribution in [0.25, 0.3) is 0 Å². The van der Waals surface area contributed by atoms with Gasteiger partial charge in [0.1, 0.15) is 11.9 Å². The Morgan fingerprint density at radius 3 is 2.79 bits per heavy atom. The highest BCUT2D eigenvalue weighted by molar-refractivity contribution is 9.10. The summed E-state index contributed by atoms with van der Waals surface area (Å²) in [7, 11) is 0. The number of hydrogen-bond donors (Lipinski definition) is 1. The lowest BCUT2D eigenvalue weighted by molar-refractivity contribution is 0.120. The average molecular weight is 324 g/mol. The lowest BCUT2D eigenvalue weighted by Gasteiger charge is -2.33. The fourth-order valence-corrected chi connectivity index (χ4v) is 3.83. The summed E-state index contributed by atoms with van der Waals surface area (Å²) in [6.45, 7) is 0. The summed E-state index contributed by atoms with van der Waals surface area (Å²) >= 11 is 3.51. The van der Waals surface area contributed by atoms with Crippen molar-refractivity contribution in [3.05, 3.63) is 28.2 Å². The van der Waals surface area contributed by atoms with Crippen LogP contribution in [0.3, 0.4) is 0 Å². The third-order valence-electron chi connectivity index (χ3n) is 4.51. The van der Waals surface area contributed by atoms with Crippen molar-refractivity contribution in [2.45, 2.75) is 57.1 Å². The Hall–Kier alpha value is -0.540. The number of rotatable bonds is 2. The summed E-state index contributed by atoms with van der Waals surface area (Å²) in [5.41, 5.74) is 7.45. The van der Waals surface area contributed by atoms with E-state index in [1.165, 1.54) is 38.5 Å². The molecule has 1 saturated carbocycles. The van der Waals surface area contributed by atoms with E-state index in [1.54, 1.807) is 0 Å². The minimum atomic E-state index is 0.130. The Morgan fingerprint density at radius 1 is 1.21 bits per heavy atom. The van der Waals surface area contributed by atoms with Gasteiger partial charge in [-0.15, -0.1) is 0 Å². The molecule has 2 nitrogen and oxygen atoms in total. The molecule has 1 aromatic rings. The zero-order valence-corrected chi connectivity index (χ0v) is 12.9. The van der Waals surface area contributed by atoms with Gasteiger partial charge in [0.05, 0.1) is 0 Å². The molecule has 0 amide bonds. The Bertz CT molecular complexity index is 442. The molecule has 1 fully saturated rings. The Labute approximate surface area is 123 Å².